The minimum atomic E-state index is -0.00627. The third kappa shape index (κ3) is 3.20. The summed E-state index contributed by atoms with van der Waals surface area (Å²) in [5.41, 5.74) is 6.88. The van der Waals surface area contributed by atoms with E-state index in [1.165, 1.54) is 0 Å². The van der Waals surface area contributed by atoms with Gasteiger partial charge in [-0.3, -0.25) is 9.48 Å². The van der Waals surface area contributed by atoms with Crippen molar-refractivity contribution in [1.82, 2.24) is 15.1 Å². The highest BCUT2D eigenvalue weighted by atomic mass is 35.5. The summed E-state index contributed by atoms with van der Waals surface area (Å²) in [5.74, 6) is 0.0689. The lowest BCUT2D eigenvalue weighted by Crippen LogP contribution is -2.38. The van der Waals surface area contributed by atoms with Crippen LogP contribution in [-0.2, 0) is 18.4 Å². The normalized spacial score (nSPS) is 23.2. The van der Waals surface area contributed by atoms with Crippen molar-refractivity contribution in [3.05, 3.63) is 18.0 Å². The highest BCUT2D eigenvalue weighted by Gasteiger charge is 2.29. The van der Waals surface area contributed by atoms with Crippen LogP contribution >= 0.6 is 12.4 Å². The number of carbonyl (C=O) groups is 1. The van der Waals surface area contributed by atoms with E-state index >= 15 is 0 Å². The van der Waals surface area contributed by atoms with E-state index in [2.05, 4.69) is 10.4 Å². The maximum absolute atomic E-state index is 11.8. The topological polar surface area (TPSA) is 72.9 Å². The molecule has 96 valence electrons. The molecule has 1 saturated carbocycles. The third-order valence-electron chi connectivity index (χ3n) is 3.27. The van der Waals surface area contributed by atoms with Crippen molar-refractivity contribution in [2.24, 2.45) is 18.7 Å². The fourth-order valence-electron chi connectivity index (χ4n) is 2.20. The second-order valence-electron chi connectivity index (χ2n) is 4.37. The molecule has 5 nitrogen and oxygen atoms in total. The van der Waals surface area contributed by atoms with Crippen molar-refractivity contribution >= 4 is 18.3 Å². The van der Waals surface area contributed by atoms with E-state index < -0.39 is 0 Å². The van der Waals surface area contributed by atoms with Crippen molar-refractivity contribution in [1.29, 1.82) is 0 Å². The van der Waals surface area contributed by atoms with Gasteiger partial charge in [0.25, 0.3) is 0 Å². The van der Waals surface area contributed by atoms with Gasteiger partial charge in [-0.1, -0.05) is 6.42 Å². The number of nitrogens with one attached hydrogen (secondary N) is 1. The molecule has 17 heavy (non-hydrogen) atoms. The number of hydrogen-bond donors (Lipinski definition) is 2. The van der Waals surface area contributed by atoms with Crippen LogP contribution in [0.3, 0.4) is 0 Å². The first-order chi connectivity index (χ1) is 7.68. The summed E-state index contributed by atoms with van der Waals surface area (Å²) in [4.78, 5) is 11.8. The van der Waals surface area contributed by atoms with E-state index in [0.717, 1.165) is 25.0 Å². The molecule has 2 rings (SSSR count). The Morgan fingerprint density at radius 1 is 1.65 bits per heavy atom. The van der Waals surface area contributed by atoms with Crippen LogP contribution in [0.2, 0.25) is 0 Å². The molecule has 2 unspecified atom stereocenters. The second kappa shape index (κ2) is 6.02. The number of nitrogens with two attached hydrogens (primary N) is 1. The standard InChI is InChI=1S/C11H18N4O.ClH/c1-15-8(5-6-14-15)7-13-11(16)9-3-2-4-10(9)12;/h5-6,9-10H,2-4,7,12H2,1H3,(H,13,16);1H. The largest absolute Gasteiger partial charge is 0.350 e. The monoisotopic (exact) mass is 258 g/mol. The number of nitrogens with zero attached hydrogens (tertiary/aromatic N) is 2. The molecule has 0 spiro atoms. The first-order valence-corrected chi connectivity index (χ1v) is 5.68. The molecule has 0 aromatic carbocycles. The Kier molecular flexibility index (Phi) is 4.96. The maximum atomic E-state index is 11.8. The minimum absolute atomic E-state index is 0. The van der Waals surface area contributed by atoms with Crippen molar-refractivity contribution in [3.63, 3.8) is 0 Å². The van der Waals surface area contributed by atoms with Crippen LogP contribution in [0.4, 0.5) is 0 Å². The summed E-state index contributed by atoms with van der Waals surface area (Å²) in [7, 11) is 1.86. The summed E-state index contributed by atoms with van der Waals surface area (Å²) in [6.07, 6.45) is 4.66. The molecule has 1 aromatic heterocycles. The molecule has 1 amide bonds. The van der Waals surface area contributed by atoms with Crippen molar-refractivity contribution in [2.75, 3.05) is 0 Å². The predicted molar refractivity (Wildman–Crippen MR) is 67.6 cm³/mol. The van der Waals surface area contributed by atoms with E-state index in [1.807, 2.05) is 13.1 Å². The fourth-order valence-corrected chi connectivity index (χ4v) is 2.20. The summed E-state index contributed by atoms with van der Waals surface area (Å²) in [6, 6.07) is 1.93. The van der Waals surface area contributed by atoms with Gasteiger partial charge in [-0.15, -0.1) is 12.4 Å². The SMILES string of the molecule is Cl.Cn1nccc1CNC(=O)C1CCCC1N. The molecule has 1 fully saturated rings. The number of amides is 1. The van der Waals surface area contributed by atoms with Crippen LogP contribution in [-0.4, -0.2) is 21.7 Å². The Morgan fingerprint density at radius 3 is 2.94 bits per heavy atom. The molecule has 0 bridgehead atoms. The maximum Gasteiger partial charge on any atom is 0.224 e. The van der Waals surface area contributed by atoms with E-state index in [9.17, 15) is 4.79 Å². The van der Waals surface area contributed by atoms with Gasteiger partial charge in [0.1, 0.15) is 0 Å². The molecule has 0 radical (unpaired) electrons. The molecular formula is C11H19ClN4O. The van der Waals surface area contributed by atoms with Gasteiger partial charge in [-0.25, -0.2) is 0 Å². The second-order valence-corrected chi connectivity index (χ2v) is 4.37. The lowest BCUT2D eigenvalue weighted by Gasteiger charge is -2.15. The summed E-state index contributed by atoms with van der Waals surface area (Å²) in [5, 5.41) is 6.97. The van der Waals surface area contributed by atoms with Gasteiger partial charge >= 0.3 is 0 Å². The molecule has 1 aliphatic carbocycles. The van der Waals surface area contributed by atoms with Gasteiger partial charge < -0.3 is 11.1 Å². The van der Waals surface area contributed by atoms with Crippen molar-refractivity contribution in [2.45, 2.75) is 31.8 Å². The summed E-state index contributed by atoms with van der Waals surface area (Å²) >= 11 is 0. The number of aromatic nitrogens is 2. The lowest BCUT2D eigenvalue weighted by molar-refractivity contribution is -0.125. The molecule has 3 N–H and O–H groups in total. The summed E-state index contributed by atoms with van der Waals surface area (Å²) < 4.78 is 1.76. The van der Waals surface area contributed by atoms with Crippen LogP contribution in [0.25, 0.3) is 0 Å². The van der Waals surface area contributed by atoms with Crippen LogP contribution in [0, 0.1) is 5.92 Å². The van der Waals surface area contributed by atoms with Crippen LogP contribution in [0.1, 0.15) is 25.0 Å². The predicted octanol–water partition coefficient (Wildman–Crippen LogP) is 0.586. The molecule has 2 atom stereocenters. The van der Waals surface area contributed by atoms with Crippen LogP contribution < -0.4 is 11.1 Å². The van der Waals surface area contributed by atoms with Crippen molar-refractivity contribution in [3.8, 4) is 0 Å². The first kappa shape index (κ1) is 14.0. The van der Waals surface area contributed by atoms with Crippen LogP contribution in [0.5, 0.6) is 0 Å². The number of hydrogen-bond acceptors (Lipinski definition) is 3. The van der Waals surface area contributed by atoms with E-state index in [-0.39, 0.29) is 30.3 Å². The zero-order valence-electron chi connectivity index (χ0n) is 9.93. The Balaban J connectivity index is 0.00000144. The number of aryl methyl sites for hydroxylation is 1. The van der Waals surface area contributed by atoms with Gasteiger partial charge in [0, 0.05) is 19.3 Å². The quantitative estimate of drug-likeness (QED) is 0.833. The fraction of sp³-hybridized carbons (Fsp3) is 0.636. The van der Waals surface area contributed by atoms with Gasteiger partial charge in [-0.2, -0.15) is 5.10 Å². The molecule has 1 aromatic rings. The minimum Gasteiger partial charge on any atom is -0.350 e. The van der Waals surface area contributed by atoms with Gasteiger partial charge in [0.15, 0.2) is 0 Å². The summed E-state index contributed by atoms with van der Waals surface area (Å²) in [6.45, 7) is 0.526. The molecular weight excluding hydrogens is 240 g/mol. The first-order valence-electron chi connectivity index (χ1n) is 5.68. The number of rotatable bonds is 3. The Morgan fingerprint density at radius 2 is 2.41 bits per heavy atom. The lowest BCUT2D eigenvalue weighted by atomic mass is 10.0. The third-order valence-corrected chi connectivity index (χ3v) is 3.27. The van der Waals surface area contributed by atoms with E-state index in [4.69, 9.17) is 5.73 Å². The molecule has 0 saturated heterocycles. The van der Waals surface area contributed by atoms with Crippen molar-refractivity contribution < 1.29 is 4.79 Å². The zero-order chi connectivity index (χ0) is 11.5. The van der Waals surface area contributed by atoms with E-state index in [1.54, 1.807) is 10.9 Å². The van der Waals surface area contributed by atoms with Gasteiger partial charge in [-0.05, 0) is 18.9 Å². The zero-order valence-corrected chi connectivity index (χ0v) is 10.7. The smallest absolute Gasteiger partial charge is 0.224 e. The van der Waals surface area contributed by atoms with Gasteiger partial charge in [0.2, 0.25) is 5.91 Å². The molecule has 1 heterocycles. The average Bonchev–Trinajstić information content (AvgIpc) is 2.84. The highest BCUT2D eigenvalue weighted by molar-refractivity contribution is 5.85. The highest BCUT2D eigenvalue weighted by Crippen LogP contribution is 2.23. The Hall–Kier alpha value is -1.07. The number of halogens is 1. The van der Waals surface area contributed by atoms with Gasteiger partial charge in [0.05, 0.1) is 18.2 Å². The molecule has 0 aliphatic heterocycles. The Bertz CT molecular complexity index is 379. The van der Waals surface area contributed by atoms with Crippen LogP contribution in [0.15, 0.2) is 12.3 Å². The molecule has 6 heteroatoms. The van der Waals surface area contributed by atoms with E-state index in [0.29, 0.717) is 6.54 Å². The average molecular weight is 259 g/mol. The number of carbonyl (C=O) groups excluding carboxylic acids is 1. The Labute approximate surface area is 107 Å². The molecule has 1 aliphatic rings.